The number of anilines is 2. The molecule has 2 aromatic rings. The molecule has 7 heteroatoms. The number of aromatic amines is 1. The molecule has 0 atom stereocenters. The fourth-order valence-corrected chi connectivity index (χ4v) is 1.95. The number of tetrazole rings is 1. The first-order chi connectivity index (χ1) is 9.72. The van der Waals surface area contributed by atoms with Crippen molar-refractivity contribution in [2.75, 3.05) is 23.3 Å². The summed E-state index contributed by atoms with van der Waals surface area (Å²) in [6.07, 6.45) is 0.105. The summed E-state index contributed by atoms with van der Waals surface area (Å²) in [4.78, 5) is 14.0. The van der Waals surface area contributed by atoms with Crippen LogP contribution in [0, 0.1) is 0 Å². The maximum Gasteiger partial charge on any atom is 0.232 e. The number of nitrogens with zero attached hydrogens (tertiary/aromatic N) is 4. The van der Waals surface area contributed by atoms with Crippen molar-refractivity contribution in [1.82, 2.24) is 20.6 Å². The molecule has 0 aliphatic heterocycles. The molecular weight excluding hydrogens is 256 g/mol. The molecule has 1 aromatic heterocycles. The lowest BCUT2D eigenvalue weighted by Crippen LogP contribution is -2.21. The molecule has 0 saturated heterocycles. The summed E-state index contributed by atoms with van der Waals surface area (Å²) in [5.74, 6) is 0.212. The standard InChI is InChI=1S/C13H18N6O/c1-3-19(4-2)11-7-5-10(6-8-11)14-13(20)9-12-15-17-18-16-12/h5-8H,3-4,9H2,1-2H3,(H,14,20)(H,15,16,17,18). The molecule has 0 radical (unpaired) electrons. The Labute approximate surface area is 117 Å². The smallest absolute Gasteiger partial charge is 0.232 e. The second kappa shape index (κ2) is 6.65. The van der Waals surface area contributed by atoms with Crippen molar-refractivity contribution in [2.24, 2.45) is 0 Å². The molecule has 0 bridgehead atoms. The summed E-state index contributed by atoms with van der Waals surface area (Å²) in [5.41, 5.74) is 1.90. The van der Waals surface area contributed by atoms with Crippen LogP contribution in [0.4, 0.5) is 11.4 Å². The van der Waals surface area contributed by atoms with Crippen LogP contribution in [-0.4, -0.2) is 39.6 Å². The molecule has 2 rings (SSSR count). The summed E-state index contributed by atoms with van der Waals surface area (Å²) in [6.45, 7) is 6.15. The molecule has 20 heavy (non-hydrogen) atoms. The molecule has 0 saturated carbocycles. The zero-order valence-electron chi connectivity index (χ0n) is 11.6. The van der Waals surface area contributed by atoms with E-state index in [0.29, 0.717) is 5.82 Å². The third-order valence-electron chi connectivity index (χ3n) is 2.99. The molecule has 1 amide bonds. The maximum absolute atomic E-state index is 11.8. The number of benzene rings is 1. The van der Waals surface area contributed by atoms with E-state index in [1.165, 1.54) is 0 Å². The first-order valence-electron chi connectivity index (χ1n) is 6.60. The summed E-state index contributed by atoms with van der Waals surface area (Å²) >= 11 is 0. The minimum absolute atomic E-state index is 0.105. The third-order valence-corrected chi connectivity index (χ3v) is 2.99. The highest BCUT2D eigenvalue weighted by molar-refractivity contribution is 5.91. The van der Waals surface area contributed by atoms with Crippen LogP contribution in [0.1, 0.15) is 19.7 Å². The number of nitrogens with one attached hydrogen (secondary N) is 2. The number of carbonyl (C=O) groups is 1. The van der Waals surface area contributed by atoms with E-state index in [2.05, 4.69) is 44.7 Å². The van der Waals surface area contributed by atoms with Gasteiger partial charge in [0.25, 0.3) is 0 Å². The van der Waals surface area contributed by atoms with Crippen molar-refractivity contribution in [3.63, 3.8) is 0 Å². The monoisotopic (exact) mass is 274 g/mol. The summed E-state index contributed by atoms with van der Waals surface area (Å²) in [7, 11) is 0. The van der Waals surface area contributed by atoms with E-state index in [-0.39, 0.29) is 12.3 Å². The van der Waals surface area contributed by atoms with Gasteiger partial charge in [0.2, 0.25) is 5.91 Å². The number of aromatic nitrogens is 4. The predicted octanol–water partition coefficient (Wildman–Crippen LogP) is 1.23. The molecule has 1 aromatic carbocycles. The van der Waals surface area contributed by atoms with Crippen LogP contribution in [0.5, 0.6) is 0 Å². The second-order valence-electron chi connectivity index (χ2n) is 4.27. The molecule has 0 fully saturated rings. The zero-order valence-corrected chi connectivity index (χ0v) is 11.6. The van der Waals surface area contributed by atoms with Gasteiger partial charge in [-0.25, -0.2) is 0 Å². The van der Waals surface area contributed by atoms with E-state index in [4.69, 9.17) is 0 Å². The Balaban J connectivity index is 1.95. The van der Waals surface area contributed by atoms with Gasteiger partial charge >= 0.3 is 0 Å². The molecule has 106 valence electrons. The predicted molar refractivity (Wildman–Crippen MR) is 76.5 cm³/mol. The van der Waals surface area contributed by atoms with Crippen molar-refractivity contribution in [3.05, 3.63) is 30.1 Å². The van der Waals surface area contributed by atoms with Gasteiger partial charge in [0.15, 0.2) is 5.82 Å². The Morgan fingerprint density at radius 3 is 2.50 bits per heavy atom. The van der Waals surface area contributed by atoms with E-state index in [1.807, 2.05) is 24.3 Å². The molecule has 0 aliphatic carbocycles. The van der Waals surface area contributed by atoms with Gasteiger partial charge in [-0.2, -0.15) is 5.21 Å². The highest BCUT2D eigenvalue weighted by atomic mass is 16.1. The van der Waals surface area contributed by atoms with Crippen molar-refractivity contribution >= 4 is 17.3 Å². The zero-order chi connectivity index (χ0) is 14.4. The van der Waals surface area contributed by atoms with Crippen LogP contribution in [0.2, 0.25) is 0 Å². The van der Waals surface area contributed by atoms with Crippen LogP contribution < -0.4 is 10.2 Å². The fraction of sp³-hybridized carbons (Fsp3) is 0.385. The maximum atomic E-state index is 11.8. The summed E-state index contributed by atoms with van der Waals surface area (Å²) in [6, 6.07) is 7.78. The Morgan fingerprint density at radius 2 is 1.95 bits per heavy atom. The van der Waals surface area contributed by atoms with E-state index in [9.17, 15) is 4.79 Å². The summed E-state index contributed by atoms with van der Waals surface area (Å²) in [5, 5.41) is 16.0. The Morgan fingerprint density at radius 1 is 1.25 bits per heavy atom. The van der Waals surface area contributed by atoms with Crippen molar-refractivity contribution in [2.45, 2.75) is 20.3 Å². The lowest BCUT2D eigenvalue weighted by atomic mass is 10.2. The summed E-state index contributed by atoms with van der Waals surface area (Å²) < 4.78 is 0. The number of hydrogen-bond donors (Lipinski definition) is 2. The van der Waals surface area contributed by atoms with E-state index >= 15 is 0 Å². The average Bonchev–Trinajstić information content (AvgIpc) is 2.94. The quantitative estimate of drug-likeness (QED) is 0.827. The lowest BCUT2D eigenvalue weighted by Gasteiger charge is -2.21. The molecule has 0 aliphatic rings. The Bertz CT molecular complexity index is 532. The van der Waals surface area contributed by atoms with E-state index in [0.717, 1.165) is 24.5 Å². The van der Waals surface area contributed by atoms with Gasteiger partial charge in [0.05, 0.1) is 6.42 Å². The van der Waals surface area contributed by atoms with Crippen LogP contribution in [-0.2, 0) is 11.2 Å². The van der Waals surface area contributed by atoms with Gasteiger partial charge in [-0.15, -0.1) is 10.2 Å². The van der Waals surface area contributed by atoms with Crippen molar-refractivity contribution < 1.29 is 4.79 Å². The number of hydrogen-bond acceptors (Lipinski definition) is 5. The minimum atomic E-state index is -0.165. The molecule has 0 spiro atoms. The van der Waals surface area contributed by atoms with Gasteiger partial charge in [-0.1, -0.05) is 5.21 Å². The van der Waals surface area contributed by atoms with Crippen LogP contribution in [0.15, 0.2) is 24.3 Å². The number of amides is 1. The number of rotatable bonds is 6. The Hall–Kier alpha value is -2.44. The SMILES string of the molecule is CCN(CC)c1ccc(NC(=O)Cc2nn[nH]n2)cc1. The van der Waals surface area contributed by atoms with E-state index in [1.54, 1.807) is 0 Å². The average molecular weight is 274 g/mol. The lowest BCUT2D eigenvalue weighted by molar-refractivity contribution is -0.115. The van der Waals surface area contributed by atoms with Gasteiger partial charge < -0.3 is 10.2 Å². The first kappa shape index (κ1) is 14.0. The highest BCUT2D eigenvalue weighted by Gasteiger charge is 2.08. The van der Waals surface area contributed by atoms with Gasteiger partial charge in [-0.05, 0) is 38.1 Å². The topological polar surface area (TPSA) is 86.8 Å². The van der Waals surface area contributed by atoms with Gasteiger partial charge in [-0.3, -0.25) is 4.79 Å². The molecule has 7 nitrogen and oxygen atoms in total. The van der Waals surface area contributed by atoms with Crippen LogP contribution in [0.25, 0.3) is 0 Å². The molecule has 2 N–H and O–H groups in total. The largest absolute Gasteiger partial charge is 0.372 e. The van der Waals surface area contributed by atoms with E-state index < -0.39 is 0 Å². The first-order valence-corrected chi connectivity index (χ1v) is 6.60. The number of H-pyrrole nitrogens is 1. The van der Waals surface area contributed by atoms with Gasteiger partial charge in [0.1, 0.15) is 0 Å². The minimum Gasteiger partial charge on any atom is -0.372 e. The van der Waals surface area contributed by atoms with Gasteiger partial charge in [0, 0.05) is 24.5 Å². The van der Waals surface area contributed by atoms with Crippen molar-refractivity contribution in [1.29, 1.82) is 0 Å². The molecule has 0 unspecified atom stereocenters. The Kier molecular flexibility index (Phi) is 4.65. The molecule has 1 heterocycles. The molecular formula is C13H18N6O. The normalized spacial score (nSPS) is 10.3. The van der Waals surface area contributed by atoms with Crippen LogP contribution >= 0.6 is 0 Å². The fourth-order valence-electron chi connectivity index (χ4n) is 1.95. The van der Waals surface area contributed by atoms with Crippen LogP contribution in [0.3, 0.4) is 0 Å². The van der Waals surface area contributed by atoms with Crippen molar-refractivity contribution in [3.8, 4) is 0 Å². The second-order valence-corrected chi connectivity index (χ2v) is 4.27. The highest BCUT2D eigenvalue weighted by Crippen LogP contribution is 2.17. The number of carbonyl (C=O) groups excluding carboxylic acids is 1. The third kappa shape index (κ3) is 3.53.